The van der Waals surface area contributed by atoms with Crippen LogP contribution in [0.1, 0.15) is 0 Å². The van der Waals surface area contributed by atoms with Gasteiger partial charge in [0.25, 0.3) is 0 Å². The summed E-state index contributed by atoms with van der Waals surface area (Å²) >= 11 is -1.90. The van der Waals surface area contributed by atoms with Gasteiger partial charge in [0.2, 0.25) is 0 Å². The maximum atomic E-state index is 10.9. The van der Waals surface area contributed by atoms with Crippen molar-refractivity contribution >= 4 is 51.4 Å². The average molecular weight is 215 g/mol. The van der Waals surface area contributed by atoms with E-state index in [1.807, 2.05) is 30.3 Å². The van der Waals surface area contributed by atoms with Crippen LogP contribution in [0.4, 0.5) is 0 Å². The van der Waals surface area contributed by atoms with E-state index in [0.717, 1.165) is 10.8 Å². The van der Waals surface area contributed by atoms with Crippen molar-refractivity contribution in [2.45, 2.75) is 4.90 Å². The second kappa shape index (κ2) is 5.05. The Bertz CT molecular complexity index is 465. The minimum atomic E-state index is -1.90. The molecule has 0 saturated heterocycles. The Labute approximate surface area is 107 Å². The van der Waals surface area contributed by atoms with E-state index in [9.17, 15) is 4.21 Å². The second-order valence-corrected chi connectivity index (χ2v) is 3.66. The first-order valence-corrected chi connectivity index (χ1v) is 4.98. The van der Waals surface area contributed by atoms with Crippen molar-refractivity contribution < 1.29 is 8.76 Å². The number of hydrogen-bond donors (Lipinski definition) is 1. The van der Waals surface area contributed by atoms with E-state index in [1.165, 1.54) is 0 Å². The summed E-state index contributed by atoms with van der Waals surface area (Å²) in [5.74, 6) is 0. The molecule has 0 aliphatic heterocycles. The van der Waals surface area contributed by atoms with E-state index < -0.39 is 11.1 Å². The number of hydrogen-bond acceptors (Lipinski definition) is 1. The van der Waals surface area contributed by atoms with Crippen LogP contribution in [0.3, 0.4) is 0 Å². The maximum absolute atomic E-state index is 10.9. The summed E-state index contributed by atoms with van der Waals surface area (Å²) in [6, 6.07) is 12.9. The Morgan fingerprint density at radius 2 is 1.64 bits per heavy atom. The molecule has 0 aromatic heterocycles. The quantitative estimate of drug-likeness (QED) is 0.584. The zero-order chi connectivity index (χ0) is 9.26. The standard InChI is InChI=1S/C10H8O2S.Na/c11-13(12)10-7-3-5-8-4-1-2-6-9(8)10;/h1-7H,(H,11,12);. The van der Waals surface area contributed by atoms with Crippen LogP contribution in [0.5, 0.6) is 0 Å². The SMILES string of the molecule is O=S(O)c1cccc2ccccc12.[Na]. The second-order valence-electron chi connectivity index (χ2n) is 2.73. The van der Waals surface area contributed by atoms with Crippen LogP contribution >= 0.6 is 0 Å². The molecule has 0 fully saturated rings. The van der Waals surface area contributed by atoms with Gasteiger partial charge in [0.05, 0.1) is 4.90 Å². The molecule has 0 aliphatic rings. The molecule has 14 heavy (non-hydrogen) atoms. The summed E-state index contributed by atoms with van der Waals surface area (Å²) in [5, 5.41) is 1.83. The Balaban J connectivity index is 0.000000980. The Morgan fingerprint density at radius 1 is 1.00 bits per heavy atom. The molecule has 1 unspecified atom stereocenters. The molecule has 0 aliphatic carbocycles. The van der Waals surface area contributed by atoms with Gasteiger partial charge >= 0.3 is 0 Å². The molecule has 4 heteroatoms. The monoisotopic (exact) mass is 215 g/mol. The summed E-state index contributed by atoms with van der Waals surface area (Å²) in [6.45, 7) is 0. The number of benzene rings is 2. The molecule has 0 heterocycles. The third kappa shape index (κ3) is 2.24. The summed E-state index contributed by atoms with van der Waals surface area (Å²) in [6.07, 6.45) is 0. The molecule has 0 spiro atoms. The molecule has 1 radical (unpaired) electrons. The van der Waals surface area contributed by atoms with Gasteiger partial charge in [-0.05, 0) is 11.5 Å². The van der Waals surface area contributed by atoms with Crippen molar-refractivity contribution in [1.82, 2.24) is 0 Å². The van der Waals surface area contributed by atoms with Crippen LogP contribution in [-0.4, -0.2) is 38.3 Å². The van der Waals surface area contributed by atoms with Gasteiger partial charge in [-0.2, -0.15) is 0 Å². The molecular weight excluding hydrogens is 207 g/mol. The van der Waals surface area contributed by atoms with Gasteiger partial charge in [0, 0.05) is 34.9 Å². The van der Waals surface area contributed by atoms with Crippen LogP contribution in [-0.2, 0) is 11.1 Å². The summed E-state index contributed by atoms with van der Waals surface area (Å²) < 4.78 is 19.9. The molecule has 0 bridgehead atoms. The van der Waals surface area contributed by atoms with Crippen LogP contribution in [0.25, 0.3) is 10.8 Å². The largest absolute Gasteiger partial charge is 0.302 e. The zero-order valence-corrected chi connectivity index (χ0v) is 10.6. The molecule has 67 valence electrons. The summed E-state index contributed by atoms with van der Waals surface area (Å²) in [7, 11) is 0. The fourth-order valence-corrected chi connectivity index (χ4v) is 1.92. The van der Waals surface area contributed by atoms with E-state index in [-0.39, 0.29) is 29.6 Å². The van der Waals surface area contributed by atoms with E-state index in [2.05, 4.69) is 0 Å². The van der Waals surface area contributed by atoms with Gasteiger partial charge in [-0.25, -0.2) is 4.21 Å². The van der Waals surface area contributed by atoms with E-state index >= 15 is 0 Å². The smallest absolute Gasteiger partial charge is 0.187 e. The first kappa shape index (κ1) is 11.9. The molecule has 1 N–H and O–H groups in total. The predicted molar refractivity (Wildman–Crippen MR) is 58.7 cm³/mol. The predicted octanol–water partition coefficient (Wildman–Crippen LogP) is 2.04. The van der Waals surface area contributed by atoms with Crippen LogP contribution in [0.15, 0.2) is 47.4 Å². The van der Waals surface area contributed by atoms with E-state index in [0.29, 0.717) is 4.90 Å². The molecule has 2 aromatic rings. The van der Waals surface area contributed by atoms with Gasteiger partial charge in [-0.1, -0.05) is 36.4 Å². The molecular formula is C10H8NaO2S. The zero-order valence-electron chi connectivity index (χ0n) is 7.81. The topological polar surface area (TPSA) is 37.3 Å². The van der Waals surface area contributed by atoms with Crippen molar-refractivity contribution in [2.75, 3.05) is 0 Å². The third-order valence-electron chi connectivity index (χ3n) is 1.94. The minimum Gasteiger partial charge on any atom is -0.302 e. The molecule has 0 saturated carbocycles. The molecule has 1 atom stereocenters. The van der Waals surface area contributed by atoms with Crippen LogP contribution in [0.2, 0.25) is 0 Å². The van der Waals surface area contributed by atoms with Crippen molar-refractivity contribution in [3.8, 4) is 0 Å². The Kier molecular flexibility index (Phi) is 4.29. The molecule has 2 rings (SSSR count). The van der Waals surface area contributed by atoms with Crippen molar-refractivity contribution in [3.05, 3.63) is 42.5 Å². The minimum absolute atomic E-state index is 0. The van der Waals surface area contributed by atoms with Gasteiger partial charge in [0.1, 0.15) is 0 Å². The average Bonchev–Trinajstić information content (AvgIpc) is 2.17. The fraction of sp³-hybridized carbons (Fsp3) is 0. The Morgan fingerprint density at radius 3 is 2.36 bits per heavy atom. The first-order valence-electron chi connectivity index (χ1n) is 3.87. The van der Waals surface area contributed by atoms with Crippen LogP contribution < -0.4 is 0 Å². The van der Waals surface area contributed by atoms with E-state index in [4.69, 9.17) is 4.55 Å². The number of fused-ring (bicyclic) bond motifs is 1. The molecule has 2 aromatic carbocycles. The van der Waals surface area contributed by atoms with Crippen molar-refractivity contribution in [3.63, 3.8) is 0 Å². The van der Waals surface area contributed by atoms with Crippen LogP contribution in [0, 0.1) is 0 Å². The van der Waals surface area contributed by atoms with Crippen molar-refractivity contribution in [1.29, 1.82) is 0 Å². The third-order valence-corrected chi connectivity index (χ3v) is 2.67. The summed E-state index contributed by atoms with van der Waals surface area (Å²) in [4.78, 5) is 0.470. The van der Waals surface area contributed by atoms with Gasteiger partial charge in [-0.15, -0.1) is 0 Å². The first-order chi connectivity index (χ1) is 6.29. The van der Waals surface area contributed by atoms with Gasteiger partial charge in [0.15, 0.2) is 11.1 Å². The van der Waals surface area contributed by atoms with Crippen molar-refractivity contribution in [2.24, 2.45) is 0 Å². The maximum Gasteiger partial charge on any atom is 0.187 e. The molecule has 2 nitrogen and oxygen atoms in total. The molecule has 0 amide bonds. The fourth-order valence-electron chi connectivity index (χ4n) is 1.35. The normalized spacial score (nSPS) is 12.1. The van der Waals surface area contributed by atoms with Gasteiger partial charge < -0.3 is 4.55 Å². The Hall–Kier alpha value is -0.190. The van der Waals surface area contributed by atoms with E-state index in [1.54, 1.807) is 12.1 Å². The number of rotatable bonds is 1. The summed E-state index contributed by atoms with van der Waals surface area (Å²) in [5.41, 5.74) is 0. The van der Waals surface area contributed by atoms with Gasteiger partial charge in [-0.3, -0.25) is 0 Å².